The van der Waals surface area contributed by atoms with E-state index in [1.165, 1.54) is 36.8 Å². The molecule has 0 amide bonds. The number of allylic oxidation sites excluding steroid dienone is 1. The van der Waals surface area contributed by atoms with E-state index in [1.54, 1.807) is 11.1 Å². The Morgan fingerprint density at radius 2 is 1.93 bits per heavy atom. The van der Waals surface area contributed by atoms with Crippen molar-refractivity contribution in [3.05, 3.63) is 40.3 Å². The van der Waals surface area contributed by atoms with Crippen LogP contribution in [0.25, 0.3) is 5.57 Å². The van der Waals surface area contributed by atoms with Crippen LogP contribution in [0.15, 0.2) is 23.6 Å². The summed E-state index contributed by atoms with van der Waals surface area (Å²) >= 11 is 4.19. The molecule has 1 aliphatic rings. The van der Waals surface area contributed by atoms with E-state index in [9.17, 15) is 0 Å². The van der Waals surface area contributed by atoms with Gasteiger partial charge >= 0.3 is 0 Å². The van der Waals surface area contributed by atoms with E-state index in [-0.39, 0.29) is 0 Å². The molecule has 0 bridgehead atoms. The van der Waals surface area contributed by atoms with E-state index in [4.69, 9.17) is 0 Å². The molecule has 0 fully saturated rings. The molecule has 0 heterocycles. The Labute approximate surface area is 91.4 Å². The fourth-order valence-electron chi connectivity index (χ4n) is 2.05. The summed E-state index contributed by atoms with van der Waals surface area (Å²) < 4.78 is 0. The van der Waals surface area contributed by atoms with Crippen LogP contribution < -0.4 is 0 Å². The first-order valence-corrected chi connectivity index (χ1v) is 5.76. The maximum Gasteiger partial charge on any atom is -0.0219 e. The topological polar surface area (TPSA) is 0 Å². The van der Waals surface area contributed by atoms with Crippen LogP contribution in [0.4, 0.5) is 0 Å². The summed E-state index contributed by atoms with van der Waals surface area (Å²) in [6, 6.07) is 6.83. The largest absolute Gasteiger partial charge is 0.151 e. The van der Waals surface area contributed by atoms with Crippen molar-refractivity contribution in [2.75, 3.05) is 0 Å². The van der Waals surface area contributed by atoms with Crippen LogP contribution in [0, 0.1) is 0 Å². The zero-order valence-corrected chi connectivity index (χ0v) is 9.48. The summed E-state index contributed by atoms with van der Waals surface area (Å²) in [5.74, 6) is 0. The van der Waals surface area contributed by atoms with Crippen LogP contribution in [0.2, 0.25) is 0 Å². The molecule has 0 radical (unpaired) electrons. The van der Waals surface area contributed by atoms with E-state index in [0.29, 0.717) is 0 Å². The third-order valence-electron chi connectivity index (χ3n) is 3.00. The molecule has 0 saturated heterocycles. The summed E-state index contributed by atoms with van der Waals surface area (Å²) in [5.41, 5.74) is 5.66. The summed E-state index contributed by atoms with van der Waals surface area (Å²) in [6.07, 6.45) is 5.22. The van der Waals surface area contributed by atoms with Gasteiger partial charge in [0.2, 0.25) is 0 Å². The molecule has 1 aromatic carbocycles. The molecule has 0 aromatic heterocycles. The van der Waals surface area contributed by atoms with Crippen molar-refractivity contribution >= 4 is 18.2 Å². The highest BCUT2D eigenvalue weighted by atomic mass is 32.1. The fourth-order valence-corrected chi connectivity index (χ4v) is 2.20. The van der Waals surface area contributed by atoms with Crippen molar-refractivity contribution in [2.24, 2.45) is 0 Å². The van der Waals surface area contributed by atoms with E-state index >= 15 is 0 Å². The molecule has 0 atom stereocenters. The second kappa shape index (κ2) is 4.22. The highest BCUT2D eigenvalue weighted by molar-refractivity contribution is 7.83. The van der Waals surface area contributed by atoms with Gasteiger partial charge in [-0.2, -0.15) is 12.6 Å². The average Bonchev–Trinajstić information content (AvgIpc) is 2.27. The Hall–Kier alpha value is -0.690. The maximum atomic E-state index is 4.19. The van der Waals surface area contributed by atoms with Crippen molar-refractivity contribution in [3.8, 4) is 0 Å². The zero-order chi connectivity index (χ0) is 9.97. The van der Waals surface area contributed by atoms with Gasteiger partial charge in [-0.25, -0.2) is 0 Å². The predicted octanol–water partition coefficient (Wildman–Crippen LogP) is 3.86. The molecule has 0 saturated carbocycles. The van der Waals surface area contributed by atoms with Gasteiger partial charge in [-0.1, -0.05) is 18.2 Å². The normalized spacial score (nSPS) is 16.6. The minimum atomic E-state index is 1.25. The first-order chi connectivity index (χ1) is 6.81. The Bertz CT molecular complexity index is 363. The number of hydrogen-bond donors (Lipinski definition) is 1. The van der Waals surface area contributed by atoms with Crippen LogP contribution in [-0.4, -0.2) is 0 Å². The predicted molar refractivity (Wildman–Crippen MR) is 65.7 cm³/mol. The van der Waals surface area contributed by atoms with Gasteiger partial charge in [-0.05, 0) is 60.3 Å². The molecule has 0 nitrogen and oxygen atoms in total. The van der Waals surface area contributed by atoms with Gasteiger partial charge in [-0.15, -0.1) is 0 Å². The van der Waals surface area contributed by atoms with Gasteiger partial charge in [0, 0.05) is 0 Å². The first kappa shape index (κ1) is 9.85. The molecule has 2 rings (SSSR count). The van der Waals surface area contributed by atoms with Gasteiger partial charge in [0.25, 0.3) is 0 Å². The van der Waals surface area contributed by atoms with Crippen LogP contribution in [-0.2, 0) is 12.8 Å². The number of aryl methyl sites for hydroxylation is 2. The van der Waals surface area contributed by atoms with Gasteiger partial charge in [0.15, 0.2) is 0 Å². The Morgan fingerprint density at radius 3 is 2.64 bits per heavy atom. The highest BCUT2D eigenvalue weighted by Gasteiger charge is 2.09. The Morgan fingerprint density at radius 1 is 1.21 bits per heavy atom. The van der Waals surface area contributed by atoms with Crippen LogP contribution in [0.5, 0.6) is 0 Å². The summed E-state index contributed by atoms with van der Waals surface area (Å²) in [5, 5.41) is 1.88. The molecule has 1 heteroatoms. The van der Waals surface area contributed by atoms with E-state index in [2.05, 4.69) is 37.8 Å². The lowest BCUT2D eigenvalue weighted by Crippen LogP contribution is -2.02. The third kappa shape index (κ3) is 1.88. The van der Waals surface area contributed by atoms with E-state index < -0.39 is 0 Å². The number of rotatable bonds is 1. The molecule has 0 unspecified atom stereocenters. The molecule has 14 heavy (non-hydrogen) atoms. The monoisotopic (exact) mass is 204 g/mol. The van der Waals surface area contributed by atoms with Crippen molar-refractivity contribution < 1.29 is 0 Å². The lowest BCUT2D eigenvalue weighted by Gasteiger charge is -2.16. The molecule has 74 valence electrons. The lowest BCUT2D eigenvalue weighted by atomic mass is 9.89. The number of hydrogen-bond acceptors (Lipinski definition) is 1. The minimum Gasteiger partial charge on any atom is -0.151 e. The second-order valence-corrected chi connectivity index (χ2v) is 4.26. The standard InChI is InChI=1S/C13H16S/c1-10(9-14)12-7-6-11-4-2-3-5-13(11)8-12/h6-9,14H,2-5H2,1H3/b10-9+. The maximum absolute atomic E-state index is 4.19. The van der Waals surface area contributed by atoms with Gasteiger partial charge in [-0.3, -0.25) is 0 Å². The quantitative estimate of drug-likeness (QED) is 0.660. The van der Waals surface area contributed by atoms with E-state index in [0.717, 1.165) is 0 Å². The van der Waals surface area contributed by atoms with Crippen LogP contribution in [0.1, 0.15) is 36.5 Å². The first-order valence-electron chi connectivity index (χ1n) is 5.24. The summed E-state index contributed by atoms with van der Waals surface area (Å²) in [7, 11) is 0. The average molecular weight is 204 g/mol. The van der Waals surface area contributed by atoms with Gasteiger partial charge in [0.1, 0.15) is 0 Å². The summed E-state index contributed by atoms with van der Waals surface area (Å²) in [6.45, 7) is 2.11. The van der Waals surface area contributed by atoms with Gasteiger partial charge in [0.05, 0.1) is 0 Å². The van der Waals surface area contributed by atoms with Crippen molar-refractivity contribution in [1.82, 2.24) is 0 Å². The minimum absolute atomic E-state index is 1.25. The smallest absolute Gasteiger partial charge is 0.0219 e. The SMILES string of the molecule is C/C(=C\S)c1ccc2c(c1)CCCC2. The molecule has 1 aromatic rings. The van der Waals surface area contributed by atoms with Crippen molar-refractivity contribution in [1.29, 1.82) is 0 Å². The molecule has 0 aliphatic heterocycles. The number of benzene rings is 1. The molecule has 1 aliphatic carbocycles. The molecular formula is C13H16S. The summed E-state index contributed by atoms with van der Waals surface area (Å²) in [4.78, 5) is 0. The molecule has 0 N–H and O–H groups in total. The fraction of sp³-hybridized carbons (Fsp3) is 0.385. The highest BCUT2D eigenvalue weighted by Crippen LogP contribution is 2.25. The Kier molecular flexibility index (Phi) is 2.97. The molecular weight excluding hydrogens is 188 g/mol. The Balaban J connectivity index is 2.38. The lowest BCUT2D eigenvalue weighted by molar-refractivity contribution is 0.685. The number of thiol groups is 1. The van der Waals surface area contributed by atoms with Crippen LogP contribution >= 0.6 is 12.6 Å². The molecule has 0 spiro atoms. The zero-order valence-electron chi connectivity index (χ0n) is 8.59. The number of fused-ring (bicyclic) bond motifs is 1. The van der Waals surface area contributed by atoms with Crippen molar-refractivity contribution in [3.63, 3.8) is 0 Å². The van der Waals surface area contributed by atoms with Gasteiger partial charge < -0.3 is 0 Å². The van der Waals surface area contributed by atoms with Crippen LogP contribution in [0.3, 0.4) is 0 Å². The van der Waals surface area contributed by atoms with E-state index in [1.807, 2.05) is 5.41 Å². The van der Waals surface area contributed by atoms with Crippen molar-refractivity contribution in [2.45, 2.75) is 32.6 Å². The second-order valence-electron chi connectivity index (χ2n) is 4.00. The third-order valence-corrected chi connectivity index (χ3v) is 3.38.